The number of hydrogen-bond acceptors (Lipinski definition) is 4. The Bertz CT molecular complexity index is 657. The van der Waals surface area contributed by atoms with Gasteiger partial charge in [0.25, 0.3) is 0 Å². The molecule has 0 saturated carbocycles. The Morgan fingerprint density at radius 3 is 3.00 bits per heavy atom. The van der Waals surface area contributed by atoms with E-state index in [1.54, 1.807) is 10.7 Å². The lowest BCUT2D eigenvalue weighted by molar-refractivity contribution is 0.284. The second-order valence-corrected chi connectivity index (χ2v) is 4.37. The third kappa shape index (κ3) is 4.29. The highest BCUT2D eigenvalue weighted by molar-refractivity contribution is 5.40. The fourth-order valence-electron chi connectivity index (χ4n) is 1.82. The highest BCUT2D eigenvalue weighted by atomic mass is 19.1. The summed E-state index contributed by atoms with van der Waals surface area (Å²) in [6.07, 6.45) is 2.44. The maximum absolute atomic E-state index is 13.5. The van der Waals surface area contributed by atoms with Crippen molar-refractivity contribution in [3.8, 4) is 17.6 Å². The number of benzene rings is 1. The molecule has 1 aromatic heterocycles. The van der Waals surface area contributed by atoms with Crippen LogP contribution < -0.4 is 10.5 Å². The van der Waals surface area contributed by atoms with Crippen LogP contribution in [0.3, 0.4) is 0 Å². The molecule has 0 unspecified atom stereocenters. The number of nitrogens with zero attached hydrogens (tertiary/aromatic N) is 3. The molecule has 0 spiro atoms. The number of aryl methyl sites for hydroxylation is 1. The number of hydrogen-bond donors (Lipinski definition) is 1. The molecule has 0 aliphatic heterocycles. The van der Waals surface area contributed by atoms with Gasteiger partial charge in [-0.15, -0.1) is 0 Å². The maximum Gasteiger partial charge on any atom is 0.164 e. The average molecular weight is 288 g/mol. The highest BCUT2D eigenvalue weighted by Crippen LogP contribution is 2.17. The molecule has 110 valence electrons. The third-order valence-corrected chi connectivity index (χ3v) is 2.71. The smallest absolute Gasteiger partial charge is 0.164 e. The van der Waals surface area contributed by atoms with Crippen LogP contribution in [0.15, 0.2) is 24.5 Å². The zero-order valence-electron chi connectivity index (χ0n) is 11.8. The van der Waals surface area contributed by atoms with E-state index < -0.39 is 5.82 Å². The highest BCUT2D eigenvalue weighted by Gasteiger charge is 2.06. The van der Waals surface area contributed by atoms with Crippen molar-refractivity contribution in [2.75, 3.05) is 6.54 Å². The second kappa shape index (κ2) is 7.41. The van der Waals surface area contributed by atoms with E-state index in [1.807, 2.05) is 0 Å². The molecule has 1 heterocycles. The van der Waals surface area contributed by atoms with Crippen molar-refractivity contribution in [1.82, 2.24) is 14.8 Å². The first-order valence-electron chi connectivity index (χ1n) is 6.72. The SMILES string of the molecule is CCCn1ncnc1COc1cc(F)cc(C#CCN)c1. The number of nitrogens with two attached hydrogens (primary N) is 1. The van der Waals surface area contributed by atoms with Crippen molar-refractivity contribution in [2.24, 2.45) is 5.73 Å². The predicted octanol–water partition coefficient (Wildman–Crippen LogP) is 1.72. The minimum absolute atomic E-state index is 0.229. The van der Waals surface area contributed by atoms with Gasteiger partial charge >= 0.3 is 0 Å². The Labute approximate surface area is 122 Å². The number of ether oxygens (including phenoxy) is 1. The molecule has 0 atom stereocenters. The van der Waals surface area contributed by atoms with Crippen LogP contribution in [0.5, 0.6) is 5.75 Å². The van der Waals surface area contributed by atoms with Crippen LogP contribution in [0.4, 0.5) is 4.39 Å². The Morgan fingerprint density at radius 2 is 2.24 bits per heavy atom. The lowest BCUT2D eigenvalue weighted by Crippen LogP contribution is -2.08. The van der Waals surface area contributed by atoms with Crippen molar-refractivity contribution < 1.29 is 9.13 Å². The Hall–Kier alpha value is -2.39. The average Bonchev–Trinajstić information content (AvgIpc) is 2.90. The molecule has 0 radical (unpaired) electrons. The predicted molar refractivity (Wildman–Crippen MR) is 77.0 cm³/mol. The maximum atomic E-state index is 13.5. The summed E-state index contributed by atoms with van der Waals surface area (Å²) in [4.78, 5) is 4.13. The monoisotopic (exact) mass is 288 g/mol. The van der Waals surface area contributed by atoms with Gasteiger partial charge in [0.2, 0.25) is 0 Å². The minimum atomic E-state index is -0.399. The summed E-state index contributed by atoms with van der Waals surface area (Å²) >= 11 is 0. The molecule has 21 heavy (non-hydrogen) atoms. The molecule has 6 heteroatoms. The second-order valence-electron chi connectivity index (χ2n) is 4.37. The molecule has 2 aromatic rings. The summed E-state index contributed by atoms with van der Waals surface area (Å²) in [5, 5.41) is 4.11. The van der Waals surface area contributed by atoms with E-state index in [1.165, 1.54) is 18.5 Å². The summed E-state index contributed by atoms with van der Waals surface area (Å²) in [5.74, 6) is 6.18. The largest absolute Gasteiger partial charge is 0.485 e. The van der Waals surface area contributed by atoms with Crippen LogP contribution in [0, 0.1) is 17.7 Å². The Balaban J connectivity index is 2.09. The molecule has 0 bridgehead atoms. The van der Waals surface area contributed by atoms with E-state index in [0.29, 0.717) is 17.1 Å². The normalized spacial score (nSPS) is 10.0. The third-order valence-electron chi connectivity index (χ3n) is 2.71. The van der Waals surface area contributed by atoms with Gasteiger partial charge in [0, 0.05) is 18.2 Å². The lowest BCUT2D eigenvalue weighted by atomic mass is 10.2. The fraction of sp³-hybridized carbons (Fsp3) is 0.333. The van der Waals surface area contributed by atoms with E-state index in [9.17, 15) is 4.39 Å². The molecule has 2 rings (SSSR count). The van der Waals surface area contributed by atoms with Crippen molar-refractivity contribution in [2.45, 2.75) is 26.5 Å². The summed E-state index contributed by atoms with van der Waals surface area (Å²) < 4.78 is 20.9. The van der Waals surface area contributed by atoms with E-state index in [0.717, 1.165) is 13.0 Å². The zero-order valence-corrected chi connectivity index (χ0v) is 11.8. The number of rotatable bonds is 5. The Morgan fingerprint density at radius 1 is 1.38 bits per heavy atom. The van der Waals surface area contributed by atoms with E-state index in [2.05, 4.69) is 28.8 Å². The van der Waals surface area contributed by atoms with Crippen molar-refractivity contribution in [1.29, 1.82) is 0 Å². The standard InChI is InChI=1S/C15H17FN4O/c1-2-6-20-15(18-11-19-20)10-21-14-8-12(4-3-5-17)7-13(16)9-14/h7-9,11H,2,5-6,10,17H2,1H3. The van der Waals surface area contributed by atoms with E-state index in [-0.39, 0.29) is 13.2 Å². The van der Waals surface area contributed by atoms with Crippen molar-refractivity contribution in [3.63, 3.8) is 0 Å². The summed E-state index contributed by atoms with van der Waals surface area (Å²) in [6.45, 7) is 3.29. The summed E-state index contributed by atoms with van der Waals surface area (Å²) in [5.41, 5.74) is 5.84. The van der Waals surface area contributed by atoms with Gasteiger partial charge in [-0.1, -0.05) is 18.8 Å². The Kier molecular flexibility index (Phi) is 5.29. The van der Waals surface area contributed by atoms with Gasteiger partial charge in [-0.05, 0) is 18.6 Å². The van der Waals surface area contributed by atoms with Crippen LogP contribution in [0.1, 0.15) is 24.7 Å². The van der Waals surface area contributed by atoms with Gasteiger partial charge < -0.3 is 10.5 Å². The molecule has 1 aromatic carbocycles. The molecular formula is C15H17FN4O. The van der Waals surface area contributed by atoms with E-state index in [4.69, 9.17) is 10.5 Å². The van der Waals surface area contributed by atoms with Gasteiger partial charge in [-0.2, -0.15) is 5.10 Å². The first kappa shape index (κ1) is 15.0. The van der Waals surface area contributed by atoms with Crippen LogP contribution >= 0.6 is 0 Å². The molecule has 5 nitrogen and oxygen atoms in total. The molecule has 0 aliphatic rings. The van der Waals surface area contributed by atoms with Gasteiger partial charge in [0.15, 0.2) is 5.82 Å². The van der Waals surface area contributed by atoms with Gasteiger partial charge in [-0.25, -0.2) is 14.1 Å². The van der Waals surface area contributed by atoms with Crippen LogP contribution in [-0.2, 0) is 13.2 Å². The van der Waals surface area contributed by atoms with Crippen LogP contribution in [0.25, 0.3) is 0 Å². The summed E-state index contributed by atoms with van der Waals surface area (Å²) in [7, 11) is 0. The first-order chi connectivity index (χ1) is 10.2. The van der Waals surface area contributed by atoms with Gasteiger partial charge in [0.1, 0.15) is 24.5 Å². The molecule has 0 fully saturated rings. The minimum Gasteiger partial charge on any atom is -0.485 e. The van der Waals surface area contributed by atoms with Gasteiger partial charge in [-0.3, -0.25) is 0 Å². The molecule has 2 N–H and O–H groups in total. The quantitative estimate of drug-likeness (QED) is 0.851. The van der Waals surface area contributed by atoms with Gasteiger partial charge in [0.05, 0.1) is 6.54 Å². The molecular weight excluding hydrogens is 271 g/mol. The topological polar surface area (TPSA) is 66.0 Å². The molecule has 0 amide bonds. The van der Waals surface area contributed by atoms with Crippen LogP contribution in [-0.4, -0.2) is 21.3 Å². The van der Waals surface area contributed by atoms with Crippen molar-refractivity contribution in [3.05, 3.63) is 41.7 Å². The van der Waals surface area contributed by atoms with Crippen molar-refractivity contribution >= 4 is 0 Å². The fourth-order valence-corrected chi connectivity index (χ4v) is 1.82. The van der Waals surface area contributed by atoms with Crippen LogP contribution in [0.2, 0.25) is 0 Å². The number of halogens is 1. The molecule has 0 aliphatic carbocycles. The number of aromatic nitrogens is 3. The first-order valence-corrected chi connectivity index (χ1v) is 6.72. The molecule has 0 saturated heterocycles. The lowest BCUT2D eigenvalue weighted by Gasteiger charge is -2.08. The van der Waals surface area contributed by atoms with E-state index >= 15 is 0 Å². The zero-order chi connectivity index (χ0) is 15.1. The summed E-state index contributed by atoms with van der Waals surface area (Å²) in [6, 6.07) is 4.33.